The highest BCUT2D eigenvalue weighted by molar-refractivity contribution is 4.66. The van der Waals surface area contributed by atoms with Crippen LogP contribution in [0.1, 0.15) is 39.5 Å². The fraction of sp³-hybridized carbons (Fsp3) is 1.00. The molecule has 0 aromatic carbocycles. The topological polar surface area (TPSA) is 18.5 Å². The summed E-state index contributed by atoms with van der Waals surface area (Å²) in [5, 5.41) is 3.56. The second-order valence-electron chi connectivity index (χ2n) is 5.58. The number of unbranched alkanes of at least 4 members (excludes halogenated alkanes) is 1. The third kappa shape index (κ3) is 7.02. The quantitative estimate of drug-likeness (QED) is 0.621. The summed E-state index contributed by atoms with van der Waals surface area (Å²) in [7, 11) is 2.21. The standard InChI is InChI=1S/C14H31N3/c1-14(2)16(3)10-5-4-8-15-9-13-17-11-6-7-12-17/h14-15H,4-13H2,1-3H3. The molecule has 0 aromatic rings. The van der Waals surface area contributed by atoms with Gasteiger partial charge in [-0.3, -0.25) is 0 Å². The van der Waals surface area contributed by atoms with E-state index in [4.69, 9.17) is 0 Å². The molecule has 0 aliphatic carbocycles. The van der Waals surface area contributed by atoms with Crippen molar-refractivity contribution in [3.8, 4) is 0 Å². The second-order valence-corrected chi connectivity index (χ2v) is 5.58. The van der Waals surface area contributed by atoms with Gasteiger partial charge in [-0.25, -0.2) is 0 Å². The second kappa shape index (κ2) is 8.90. The normalized spacial score (nSPS) is 17.5. The van der Waals surface area contributed by atoms with Crippen LogP contribution in [-0.4, -0.2) is 62.2 Å². The van der Waals surface area contributed by atoms with Crippen LogP contribution in [0.4, 0.5) is 0 Å². The van der Waals surface area contributed by atoms with E-state index in [0.29, 0.717) is 6.04 Å². The molecular formula is C14H31N3. The number of nitrogens with one attached hydrogen (secondary N) is 1. The van der Waals surface area contributed by atoms with Gasteiger partial charge in [0.15, 0.2) is 0 Å². The highest BCUT2D eigenvalue weighted by atomic mass is 15.1. The Kier molecular flexibility index (Phi) is 7.82. The van der Waals surface area contributed by atoms with Gasteiger partial charge < -0.3 is 15.1 Å². The highest BCUT2D eigenvalue weighted by Gasteiger charge is 2.09. The monoisotopic (exact) mass is 241 g/mol. The molecule has 1 saturated heterocycles. The Balaban J connectivity index is 1.81. The van der Waals surface area contributed by atoms with Gasteiger partial charge in [0.2, 0.25) is 0 Å². The molecule has 17 heavy (non-hydrogen) atoms. The summed E-state index contributed by atoms with van der Waals surface area (Å²) in [6, 6.07) is 0.679. The fourth-order valence-corrected chi connectivity index (χ4v) is 2.24. The minimum Gasteiger partial charge on any atom is -0.315 e. The SMILES string of the molecule is CC(C)N(C)CCCCNCCN1CCCC1. The van der Waals surface area contributed by atoms with Crippen molar-refractivity contribution in [2.45, 2.75) is 45.6 Å². The summed E-state index contributed by atoms with van der Waals surface area (Å²) in [6.07, 6.45) is 5.42. The van der Waals surface area contributed by atoms with Crippen LogP contribution in [0.5, 0.6) is 0 Å². The van der Waals surface area contributed by atoms with Gasteiger partial charge in [0.05, 0.1) is 0 Å². The number of hydrogen-bond donors (Lipinski definition) is 1. The molecule has 1 heterocycles. The molecule has 3 heteroatoms. The Hall–Kier alpha value is -0.120. The average molecular weight is 241 g/mol. The van der Waals surface area contributed by atoms with Crippen LogP contribution < -0.4 is 5.32 Å². The molecule has 0 spiro atoms. The Morgan fingerprint density at radius 2 is 1.82 bits per heavy atom. The van der Waals surface area contributed by atoms with Crippen molar-refractivity contribution in [2.24, 2.45) is 0 Å². The smallest absolute Gasteiger partial charge is 0.0107 e. The van der Waals surface area contributed by atoms with E-state index in [1.165, 1.54) is 65.0 Å². The lowest BCUT2D eigenvalue weighted by molar-refractivity contribution is 0.267. The van der Waals surface area contributed by atoms with Crippen LogP contribution in [0.15, 0.2) is 0 Å². The van der Waals surface area contributed by atoms with Gasteiger partial charge in [-0.2, -0.15) is 0 Å². The van der Waals surface area contributed by atoms with E-state index in [1.54, 1.807) is 0 Å². The van der Waals surface area contributed by atoms with E-state index < -0.39 is 0 Å². The van der Waals surface area contributed by atoms with Crippen molar-refractivity contribution in [1.29, 1.82) is 0 Å². The van der Waals surface area contributed by atoms with Gasteiger partial charge >= 0.3 is 0 Å². The van der Waals surface area contributed by atoms with E-state index >= 15 is 0 Å². The molecule has 0 saturated carbocycles. The van der Waals surface area contributed by atoms with Crippen molar-refractivity contribution in [1.82, 2.24) is 15.1 Å². The highest BCUT2D eigenvalue weighted by Crippen LogP contribution is 2.05. The van der Waals surface area contributed by atoms with Crippen LogP contribution in [0.2, 0.25) is 0 Å². The van der Waals surface area contributed by atoms with E-state index in [2.05, 4.69) is 36.0 Å². The zero-order valence-electron chi connectivity index (χ0n) is 12.0. The molecule has 0 aromatic heterocycles. The Morgan fingerprint density at radius 1 is 1.12 bits per heavy atom. The van der Waals surface area contributed by atoms with Gasteiger partial charge in [-0.1, -0.05) is 0 Å². The number of hydrogen-bond acceptors (Lipinski definition) is 3. The fourth-order valence-electron chi connectivity index (χ4n) is 2.24. The molecule has 1 fully saturated rings. The predicted octanol–water partition coefficient (Wildman–Crippen LogP) is 1.79. The first-order chi connectivity index (χ1) is 8.20. The van der Waals surface area contributed by atoms with Crippen molar-refractivity contribution >= 4 is 0 Å². The molecule has 0 bridgehead atoms. The molecule has 0 atom stereocenters. The van der Waals surface area contributed by atoms with E-state index in [0.717, 1.165) is 0 Å². The zero-order valence-corrected chi connectivity index (χ0v) is 12.0. The van der Waals surface area contributed by atoms with Gasteiger partial charge in [0.25, 0.3) is 0 Å². The maximum Gasteiger partial charge on any atom is 0.0107 e. The first-order valence-corrected chi connectivity index (χ1v) is 7.33. The van der Waals surface area contributed by atoms with Gasteiger partial charge in [-0.15, -0.1) is 0 Å². The average Bonchev–Trinajstić information content (AvgIpc) is 2.80. The zero-order chi connectivity index (χ0) is 12.5. The third-order valence-electron chi connectivity index (χ3n) is 3.80. The number of nitrogens with zero attached hydrogens (tertiary/aromatic N) is 2. The molecule has 0 amide bonds. The molecule has 1 aliphatic heterocycles. The van der Waals surface area contributed by atoms with Crippen LogP contribution >= 0.6 is 0 Å². The van der Waals surface area contributed by atoms with Crippen LogP contribution in [0.3, 0.4) is 0 Å². The molecule has 0 unspecified atom stereocenters. The van der Waals surface area contributed by atoms with Crippen molar-refractivity contribution in [3.05, 3.63) is 0 Å². The molecule has 102 valence electrons. The van der Waals surface area contributed by atoms with Crippen molar-refractivity contribution in [3.63, 3.8) is 0 Å². The molecule has 3 nitrogen and oxygen atoms in total. The summed E-state index contributed by atoms with van der Waals surface area (Å²) >= 11 is 0. The van der Waals surface area contributed by atoms with Crippen molar-refractivity contribution in [2.75, 3.05) is 46.3 Å². The van der Waals surface area contributed by atoms with Gasteiger partial charge in [-0.05, 0) is 72.8 Å². The Bertz CT molecular complexity index is 170. The van der Waals surface area contributed by atoms with Gasteiger partial charge in [0, 0.05) is 19.1 Å². The van der Waals surface area contributed by atoms with E-state index in [-0.39, 0.29) is 0 Å². The maximum atomic E-state index is 3.56. The largest absolute Gasteiger partial charge is 0.315 e. The van der Waals surface area contributed by atoms with E-state index in [9.17, 15) is 0 Å². The van der Waals surface area contributed by atoms with Crippen molar-refractivity contribution < 1.29 is 0 Å². The van der Waals surface area contributed by atoms with Gasteiger partial charge in [0.1, 0.15) is 0 Å². The Morgan fingerprint density at radius 3 is 2.47 bits per heavy atom. The predicted molar refractivity (Wildman–Crippen MR) is 75.5 cm³/mol. The molecule has 1 N–H and O–H groups in total. The minimum absolute atomic E-state index is 0.679. The van der Waals surface area contributed by atoms with E-state index in [1.807, 2.05) is 0 Å². The molecule has 1 rings (SSSR count). The number of likely N-dealkylation sites (tertiary alicyclic amines) is 1. The molecule has 0 radical (unpaired) electrons. The maximum absolute atomic E-state index is 3.56. The van der Waals surface area contributed by atoms with Crippen LogP contribution in [-0.2, 0) is 0 Å². The molecular weight excluding hydrogens is 210 g/mol. The summed E-state index contributed by atoms with van der Waals surface area (Å²) in [4.78, 5) is 4.99. The first kappa shape index (κ1) is 14.9. The van der Waals surface area contributed by atoms with Crippen LogP contribution in [0, 0.1) is 0 Å². The summed E-state index contributed by atoms with van der Waals surface area (Å²) < 4.78 is 0. The lowest BCUT2D eigenvalue weighted by Gasteiger charge is -2.20. The lowest BCUT2D eigenvalue weighted by atomic mass is 10.2. The minimum atomic E-state index is 0.679. The van der Waals surface area contributed by atoms with Crippen LogP contribution in [0.25, 0.3) is 0 Å². The Labute approximate surface area is 108 Å². The summed E-state index contributed by atoms with van der Waals surface area (Å²) in [5.74, 6) is 0. The first-order valence-electron chi connectivity index (χ1n) is 7.33. The third-order valence-corrected chi connectivity index (χ3v) is 3.80. The summed E-state index contributed by atoms with van der Waals surface area (Å²) in [5.41, 5.74) is 0. The summed E-state index contributed by atoms with van der Waals surface area (Å²) in [6.45, 7) is 12.0. The lowest BCUT2D eigenvalue weighted by Crippen LogP contribution is -2.31. The molecule has 1 aliphatic rings. The number of rotatable bonds is 9.